The topological polar surface area (TPSA) is 44.5 Å². The molecule has 2 N–H and O–H groups in total. The van der Waals surface area contributed by atoms with E-state index >= 15 is 0 Å². The largest absolute Gasteiger partial charge is 0.490 e. The average Bonchev–Trinajstić information content (AvgIpc) is 2.47. The van der Waals surface area contributed by atoms with Crippen molar-refractivity contribution in [2.45, 2.75) is 6.42 Å². The van der Waals surface area contributed by atoms with E-state index in [1.165, 1.54) is 17.7 Å². The van der Waals surface area contributed by atoms with E-state index < -0.39 is 0 Å². The second-order valence-electron chi connectivity index (χ2n) is 4.45. The van der Waals surface area contributed by atoms with Crippen molar-refractivity contribution < 1.29 is 13.9 Å². The fourth-order valence-corrected chi connectivity index (χ4v) is 2.29. The third-order valence-electron chi connectivity index (χ3n) is 2.86. The summed E-state index contributed by atoms with van der Waals surface area (Å²) >= 11 is 3.25. The van der Waals surface area contributed by atoms with E-state index in [9.17, 15) is 4.39 Å². The SMILES string of the molecule is NCCc1ccc(OCCOc2ccc(F)cc2Br)cc1. The standard InChI is InChI=1S/C16H17BrFNO2/c17-15-11-13(18)3-6-16(15)21-10-9-20-14-4-1-12(2-5-14)7-8-19/h1-6,11H,7-10,19H2. The van der Waals surface area contributed by atoms with Gasteiger partial charge in [-0.25, -0.2) is 4.39 Å². The number of rotatable bonds is 7. The molecule has 0 fully saturated rings. The molecule has 0 atom stereocenters. The summed E-state index contributed by atoms with van der Waals surface area (Å²) in [7, 11) is 0. The Kier molecular flexibility index (Phi) is 6.02. The number of hydrogen-bond acceptors (Lipinski definition) is 3. The van der Waals surface area contributed by atoms with Crippen LogP contribution in [0.4, 0.5) is 4.39 Å². The second kappa shape index (κ2) is 8.00. The fourth-order valence-electron chi connectivity index (χ4n) is 1.82. The molecule has 5 heteroatoms. The zero-order valence-electron chi connectivity index (χ0n) is 11.5. The van der Waals surface area contributed by atoms with Gasteiger partial charge in [-0.15, -0.1) is 0 Å². The van der Waals surface area contributed by atoms with Crippen LogP contribution in [-0.2, 0) is 6.42 Å². The van der Waals surface area contributed by atoms with Gasteiger partial charge in [0.05, 0.1) is 4.47 Å². The Labute approximate surface area is 132 Å². The van der Waals surface area contributed by atoms with Gasteiger partial charge >= 0.3 is 0 Å². The predicted octanol–water partition coefficient (Wildman–Crippen LogP) is 3.55. The Hall–Kier alpha value is -1.59. The van der Waals surface area contributed by atoms with Crippen LogP contribution in [0.1, 0.15) is 5.56 Å². The van der Waals surface area contributed by atoms with Gasteiger partial charge < -0.3 is 15.2 Å². The van der Waals surface area contributed by atoms with Crippen LogP contribution in [0.15, 0.2) is 46.9 Å². The maximum atomic E-state index is 12.9. The number of ether oxygens (including phenoxy) is 2. The Balaban J connectivity index is 1.76. The first-order chi connectivity index (χ1) is 10.2. The molecular formula is C16H17BrFNO2. The van der Waals surface area contributed by atoms with E-state index in [1.807, 2.05) is 24.3 Å². The van der Waals surface area contributed by atoms with Crippen molar-refractivity contribution in [1.82, 2.24) is 0 Å². The maximum absolute atomic E-state index is 12.9. The van der Waals surface area contributed by atoms with Crippen LogP contribution in [0.25, 0.3) is 0 Å². The zero-order valence-corrected chi connectivity index (χ0v) is 13.1. The summed E-state index contributed by atoms with van der Waals surface area (Å²) in [4.78, 5) is 0. The van der Waals surface area contributed by atoms with Crippen molar-refractivity contribution in [3.63, 3.8) is 0 Å². The lowest BCUT2D eigenvalue weighted by Gasteiger charge is -2.10. The molecule has 112 valence electrons. The quantitative estimate of drug-likeness (QED) is 0.774. The molecule has 0 bridgehead atoms. The fraction of sp³-hybridized carbons (Fsp3) is 0.250. The molecule has 0 aromatic heterocycles. The molecule has 2 rings (SSSR count). The van der Waals surface area contributed by atoms with Gasteiger partial charge in [-0.1, -0.05) is 12.1 Å². The van der Waals surface area contributed by atoms with Gasteiger partial charge in [-0.3, -0.25) is 0 Å². The van der Waals surface area contributed by atoms with Crippen LogP contribution in [0.5, 0.6) is 11.5 Å². The predicted molar refractivity (Wildman–Crippen MR) is 84.3 cm³/mol. The van der Waals surface area contributed by atoms with Crippen LogP contribution >= 0.6 is 15.9 Å². The van der Waals surface area contributed by atoms with Crippen LogP contribution in [0.2, 0.25) is 0 Å². The molecule has 0 spiro atoms. The molecule has 0 amide bonds. The van der Waals surface area contributed by atoms with Gasteiger partial charge in [-0.2, -0.15) is 0 Å². The molecule has 0 aliphatic carbocycles. The summed E-state index contributed by atoms with van der Waals surface area (Å²) in [6.07, 6.45) is 0.863. The van der Waals surface area contributed by atoms with E-state index in [-0.39, 0.29) is 5.82 Å². The highest BCUT2D eigenvalue weighted by atomic mass is 79.9. The highest BCUT2D eigenvalue weighted by molar-refractivity contribution is 9.10. The summed E-state index contributed by atoms with van der Waals surface area (Å²) in [6, 6.07) is 12.1. The molecule has 21 heavy (non-hydrogen) atoms. The molecule has 0 saturated heterocycles. The van der Waals surface area contributed by atoms with Gasteiger partial charge in [0.2, 0.25) is 0 Å². The highest BCUT2D eigenvalue weighted by Gasteiger charge is 2.02. The van der Waals surface area contributed by atoms with Crippen molar-refractivity contribution in [2.75, 3.05) is 19.8 Å². The zero-order chi connectivity index (χ0) is 15.1. The molecule has 0 saturated carbocycles. The van der Waals surface area contributed by atoms with E-state index in [4.69, 9.17) is 15.2 Å². The molecule has 0 heterocycles. The lowest BCUT2D eigenvalue weighted by molar-refractivity contribution is 0.216. The first-order valence-electron chi connectivity index (χ1n) is 6.68. The van der Waals surface area contributed by atoms with E-state index in [2.05, 4.69) is 15.9 Å². The lowest BCUT2D eigenvalue weighted by atomic mass is 10.1. The highest BCUT2D eigenvalue weighted by Crippen LogP contribution is 2.25. The number of benzene rings is 2. The van der Waals surface area contributed by atoms with Gasteiger partial charge in [0.15, 0.2) is 0 Å². The third-order valence-corrected chi connectivity index (χ3v) is 3.48. The van der Waals surface area contributed by atoms with E-state index in [0.717, 1.165) is 12.2 Å². The van der Waals surface area contributed by atoms with Crippen molar-refractivity contribution in [1.29, 1.82) is 0 Å². The van der Waals surface area contributed by atoms with Crippen LogP contribution in [0.3, 0.4) is 0 Å². The van der Waals surface area contributed by atoms with Crippen molar-refractivity contribution in [3.8, 4) is 11.5 Å². The minimum absolute atomic E-state index is 0.303. The third kappa shape index (κ3) is 5.02. The summed E-state index contributed by atoms with van der Waals surface area (Å²) in [5.41, 5.74) is 6.69. The first kappa shape index (κ1) is 15.8. The summed E-state index contributed by atoms with van der Waals surface area (Å²) in [5.74, 6) is 1.08. The summed E-state index contributed by atoms with van der Waals surface area (Å²) < 4.78 is 24.6. The molecule has 0 aliphatic heterocycles. The van der Waals surface area contributed by atoms with Crippen LogP contribution in [0, 0.1) is 5.82 Å². The number of halogens is 2. The second-order valence-corrected chi connectivity index (χ2v) is 5.31. The number of hydrogen-bond donors (Lipinski definition) is 1. The Morgan fingerprint density at radius 2 is 1.71 bits per heavy atom. The van der Waals surface area contributed by atoms with Crippen molar-refractivity contribution >= 4 is 15.9 Å². The van der Waals surface area contributed by atoms with Crippen molar-refractivity contribution in [2.24, 2.45) is 5.73 Å². The minimum atomic E-state index is -0.303. The minimum Gasteiger partial charge on any atom is -0.490 e. The summed E-state index contributed by atoms with van der Waals surface area (Å²) in [5, 5.41) is 0. The Morgan fingerprint density at radius 1 is 1.00 bits per heavy atom. The van der Waals surface area contributed by atoms with Crippen molar-refractivity contribution in [3.05, 3.63) is 58.3 Å². The smallest absolute Gasteiger partial charge is 0.133 e. The molecule has 0 radical (unpaired) electrons. The first-order valence-corrected chi connectivity index (χ1v) is 7.48. The maximum Gasteiger partial charge on any atom is 0.133 e. The van der Waals surface area contributed by atoms with Gasteiger partial charge in [0, 0.05) is 0 Å². The lowest BCUT2D eigenvalue weighted by Crippen LogP contribution is -2.09. The molecular weight excluding hydrogens is 337 g/mol. The van der Waals surface area contributed by atoms with Gasteiger partial charge in [-0.05, 0) is 64.8 Å². The number of nitrogens with two attached hydrogens (primary N) is 1. The van der Waals surface area contributed by atoms with E-state index in [0.29, 0.717) is 30.0 Å². The summed E-state index contributed by atoms with van der Waals surface area (Å²) in [6.45, 7) is 1.44. The van der Waals surface area contributed by atoms with E-state index in [1.54, 1.807) is 6.07 Å². The molecule has 3 nitrogen and oxygen atoms in total. The van der Waals surface area contributed by atoms with Gasteiger partial charge in [0.1, 0.15) is 30.5 Å². The van der Waals surface area contributed by atoms with Gasteiger partial charge in [0.25, 0.3) is 0 Å². The monoisotopic (exact) mass is 353 g/mol. The molecule has 2 aromatic rings. The normalized spacial score (nSPS) is 10.4. The molecule has 0 aliphatic rings. The van der Waals surface area contributed by atoms with Crippen LogP contribution in [-0.4, -0.2) is 19.8 Å². The molecule has 2 aromatic carbocycles. The Morgan fingerprint density at radius 3 is 2.38 bits per heavy atom. The molecule has 0 unspecified atom stereocenters. The average molecular weight is 354 g/mol. The van der Waals surface area contributed by atoms with Crippen LogP contribution < -0.4 is 15.2 Å². The Bertz CT molecular complexity index is 575.